The summed E-state index contributed by atoms with van der Waals surface area (Å²) in [6.07, 6.45) is 0. The van der Waals surface area contributed by atoms with E-state index in [0.29, 0.717) is 0 Å². The number of benzene rings is 7. The van der Waals surface area contributed by atoms with Gasteiger partial charge < -0.3 is 4.42 Å². The third kappa shape index (κ3) is 3.44. The molecule has 0 bridgehead atoms. The van der Waals surface area contributed by atoms with Gasteiger partial charge in [-0.25, -0.2) is 4.98 Å². The lowest BCUT2D eigenvalue weighted by Gasteiger charge is -2.22. The lowest BCUT2D eigenvalue weighted by atomic mass is 9.81. The van der Waals surface area contributed by atoms with Gasteiger partial charge in [0.05, 0.1) is 11.2 Å². The van der Waals surface area contributed by atoms with Gasteiger partial charge in [-0.05, 0) is 74.3 Å². The summed E-state index contributed by atoms with van der Waals surface area (Å²) in [4.78, 5) is 5.34. The molecule has 10 rings (SSSR count). The highest BCUT2D eigenvalue weighted by atomic mass is 16.3. The minimum absolute atomic E-state index is 0.168. The van der Waals surface area contributed by atoms with Crippen molar-refractivity contribution in [3.8, 4) is 33.5 Å². The Labute approximate surface area is 266 Å². The lowest BCUT2D eigenvalue weighted by Crippen LogP contribution is -2.15. The van der Waals surface area contributed by atoms with Gasteiger partial charge in [-0.1, -0.05) is 123 Å². The SMILES string of the molecule is CC1(C)c2cc(-c3ccc4c5ccccc5c5ccccc5c4n3)ccc2-c2ccc(-c3cccc4c3oc3ccccc34)cc21. The number of nitrogens with zero attached hydrogens (tertiary/aromatic N) is 1. The Hall–Kier alpha value is -5.73. The summed E-state index contributed by atoms with van der Waals surface area (Å²) in [7, 11) is 0. The van der Waals surface area contributed by atoms with Crippen LogP contribution in [0.25, 0.3) is 87.9 Å². The maximum absolute atomic E-state index is 6.41. The summed E-state index contributed by atoms with van der Waals surface area (Å²) >= 11 is 0. The van der Waals surface area contributed by atoms with Crippen LogP contribution < -0.4 is 0 Å². The number of hydrogen-bond acceptors (Lipinski definition) is 2. The minimum atomic E-state index is -0.168. The Bertz CT molecular complexity index is 2690. The van der Waals surface area contributed by atoms with E-state index < -0.39 is 0 Å². The van der Waals surface area contributed by atoms with Crippen LogP contribution in [0, 0.1) is 0 Å². The van der Waals surface area contributed by atoms with Crippen molar-refractivity contribution >= 4 is 54.4 Å². The molecule has 0 saturated heterocycles. The Balaban J connectivity index is 1.11. The zero-order valence-corrected chi connectivity index (χ0v) is 25.6. The molecular weight excluding hydrogens is 558 g/mol. The van der Waals surface area contributed by atoms with Crippen LogP contribution in [-0.4, -0.2) is 4.98 Å². The third-order valence-electron chi connectivity index (χ3n) is 10.3. The van der Waals surface area contributed by atoms with Crippen LogP contribution >= 0.6 is 0 Å². The molecule has 9 aromatic rings. The quantitative estimate of drug-likeness (QED) is 0.188. The summed E-state index contributed by atoms with van der Waals surface area (Å²) in [5, 5.41) is 8.46. The molecule has 0 fully saturated rings. The Morgan fingerprint density at radius 2 is 1.02 bits per heavy atom. The maximum atomic E-state index is 6.41. The fourth-order valence-corrected chi connectivity index (χ4v) is 7.96. The van der Waals surface area contributed by atoms with E-state index in [9.17, 15) is 0 Å². The maximum Gasteiger partial charge on any atom is 0.143 e. The molecule has 216 valence electrons. The second-order valence-electron chi connectivity index (χ2n) is 13.1. The van der Waals surface area contributed by atoms with Crippen LogP contribution in [-0.2, 0) is 5.41 Å². The first-order chi connectivity index (χ1) is 22.6. The standard InChI is InChI=1S/C44H29NO/c1-44(2)38-24-26(28-15-9-16-37-34-13-7-8-17-41(34)46-43(28)37)18-20-32(38)33-21-19-27(25-39(33)44)40-23-22-36-31-12-4-3-10-29(31)30-11-5-6-14-35(30)42(36)45-40/h3-25H,1-2H3. The Morgan fingerprint density at radius 1 is 0.457 bits per heavy atom. The van der Waals surface area contributed by atoms with Crippen molar-refractivity contribution < 1.29 is 4.42 Å². The van der Waals surface area contributed by atoms with E-state index >= 15 is 0 Å². The van der Waals surface area contributed by atoms with Gasteiger partial charge in [-0.2, -0.15) is 0 Å². The van der Waals surface area contributed by atoms with Crippen molar-refractivity contribution in [1.29, 1.82) is 0 Å². The molecule has 0 amide bonds. The highest BCUT2D eigenvalue weighted by Gasteiger charge is 2.36. The monoisotopic (exact) mass is 587 g/mol. The van der Waals surface area contributed by atoms with Crippen LogP contribution in [0.4, 0.5) is 0 Å². The van der Waals surface area contributed by atoms with E-state index in [1.807, 2.05) is 12.1 Å². The molecule has 7 aromatic carbocycles. The molecule has 0 aliphatic heterocycles. The number of rotatable bonds is 2. The summed E-state index contributed by atoms with van der Waals surface area (Å²) in [5.41, 5.74) is 12.5. The van der Waals surface area contributed by atoms with E-state index in [1.165, 1.54) is 54.7 Å². The zero-order chi connectivity index (χ0) is 30.6. The summed E-state index contributed by atoms with van der Waals surface area (Å²) < 4.78 is 6.41. The molecule has 2 heterocycles. The number of para-hydroxylation sites is 2. The molecule has 1 aliphatic carbocycles. The fraction of sp³-hybridized carbons (Fsp3) is 0.0682. The molecule has 46 heavy (non-hydrogen) atoms. The van der Waals surface area contributed by atoms with Gasteiger partial charge in [0.25, 0.3) is 0 Å². The topological polar surface area (TPSA) is 26.0 Å². The van der Waals surface area contributed by atoms with Crippen molar-refractivity contribution in [2.75, 3.05) is 0 Å². The molecule has 1 aliphatic rings. The molecule has 0 radical (unpaired) electrons. The third-order valence-corrected chi connectivity index (χ3v) is 10.3. The highest BCUT2D eigenvalue weighted by Crippen LogP contribution is 2.51. The molecule has 0 saturated carbocycles. The van der Waals surface area contributed by atoms with Crippen LogP contribution in [0.1, 0.15) is 25.0 Å². The second kappa shape index (κ2) is 9.15. The number of pyridine rings is 1. The van der Waals surface area contributed by atoms with Gasteiger partial charge in [-0.15, -0.1) is 0 Å². The van der Waals surface area contributed by atoms with Crippen molar-refractivity contribution in [2.45, 2.75) is 19.3 Å². The Morgan fingerprint density at radius 3 is 1.76 bits per heavy atom. The molecule has 0 atom stereocenters. The van der Waals surface area contributed by atoms with Crippen LogP contribution in [0.15, 0.2) is 144 Å². The molecule has 0 N–H and O–H groups in total. The molecular formula is C44H29NO. The smallest absolute Gasteiger partial charge is 0.143 e. The average Bonchev–Trinajstić information content (AvgIpc) is 3.60. The number of hydrogen-bond donors (Lipinski definition) is 0. The van der Waals surface area contributed by atoms with Gasteiger partial charge in [-0.3, -0.25) is 0 Å². The second-order valence-corrected chi connectivity index (χ2v) is 13.1. The number of furan rings is 1. The van der Waals surface area contributed by atoms with Gasteiger partial charge in [0.1, 0.15) is 11.2 Å². The molecule has 0 unspecified atom stereocenters. The predicted octanol–water partition coefficient (Wildman–Crippen LogP) is 12.1. The van der Waals surface area contributed by atoms with Crippen LogP contribution in [0.3, 0.4) is 0 Å². The van der Waals surface area contributed by atoms with Crippen LogP contribution in [0.5, 0.6) is 0 Å². The predicted molar refractivity (Wildman–Crippen MR) is 192 cm³/mol. The minimum Gasteiger partial charge on any atom is -0.455 e. The first-order valence-corrected chi connectivity index (χ1v) is 16.0. The van der Waals surface area contributed by atoms with Gasteiger partial charge >= 0.3 is 0 Å². The van der Waals surface area contributed by atoms with E-state index in [4.69, 9.17) is 9.40 Å². The summed E-state index contributed by atoms with van der Waals surface area (Å²) in [6.45, 7) is 4.70. The van der Waals surface area contributed by atoms with Crippen molar-refractivity contribution in [2.24, 2.45) is 0 Å². The highest BCUT2D eigenvalue weighted by molar-refractivity contribution is 6.24. The summed E-state index contributed by atoms with van der Waals surface area (Å²) in [5.74, 6) is 0. The van der Waals surface area contributed by atoms with Crippen LogP contribution in [0.2, 0.25) is 0 Å². The van der Waals surface area contributed by atoms with E-state index in [2.05, 4.69) is 141 Å². The van der Waals surface area contributed by atoms with E-state index in [1.54, 1.807) is 0 Å². The number of fused-ring (bicyclic) bond motifs is 12. The van der Waals surface area contributed by atoms with E-state index in [-0.39, 0.29) is 5.41 Å². The molecule has 2 heteroatoms. The van der Waals surface area contributed by atoms with Crippen molar-refractivity contribution in [3.63, 3.8) is 0 Å². The molecule has 2 aromatic heterocycles. The average molecular weight is 588 g/mol. The largest absolute Gasteiger partial charge is 0.455 e. The van der Waals surface area contributed by atoms with Gasteiger partial charge in [0.2, 0.25) is 0 Å². The fourth-order valence-electron chi connectivity index (χ4n) is 7.96. The first kappa shape index (κ1) is 25.6. The summed E-state index contributed by atoms with van der Waals surface area (Å²) in [6, 6.07) is 50.4. The lowest BCUT2D eigenvalue weighted by molar-refractivity contribution is 0.660. The number of aromatic nitrogens is 1. The van der Waals surface area contributed by atoms with Crippen molar-refractivity contribution in [3.05, 3.63) is 151 Å². The normalized spacial score (nSPS) is 13.6. The first-order valence-electron chi connectivity index (χ1n) is 16.0. The Kier molecular flexibility index (Phi) is 5.09. The van der Waals surface area contributed by atoms with Crippen molar-refractivity contribution in [1.82, 2.24) is 4.98 Å². The molecule has 2 nitrogen and oxygen atoms in total. The van der Waals surface area contributed by atoms with Gasteiger partial charge in [0, 0.05) is 38.1 Å². The van der Waals surface area contributed by atoms with Gasteiger partial charge in [0.15, 0.2) is 0 Å². The molecule has 0 spiro atoms. The van der Waals surface area contributed by atoms with E-state index in [0.717, 1.165) is 44.3 Å². The zero-order valence-electron chi connectivity index (χ0n) is 25.6.